The van der Waals surface area contributed by atoms with Crippen LogP contribution in [-0.2, 0) is 16.4 Å². The molecule has 0 saturated carbocycles. The lowest BCUT2D eigenvalue weighted by Gasteiger charge is -2.16. The summed E-state index contributed by atoms with van der Waals surface area (Å²) in [7, 11) is -0.998. The predicted molar refractivity (Wildman–Crippen MR) is 93.8 cm³/mol. The van der Waals surface area contributed by atoms with Gasteiger partial charge >= 0.3 is 0 Å². The fourth-order valence-electron chi connectivity index (χ4n) is 2.61. The minimum absolute atomic E-state index is 0.174. The van der Waals surface area contributed by atoms with Crippen molar-refractivity contribution < 1.29 is 8.42 Å². The van der Waals surface area contributed by atoms with Gasteiger partial charge in [0.25, 0.3) is 0 Å². The Morgan fingerprint density at radius 3 is 2.43 bits per heavy atom. The molecule has 0 unspecified atom stereocenters. The molecular formula is C17H25N3O2S. The summed E-state index contributed by atoms with van der Waals surface area (Å²) in [4.78, 5) is 2.03. The van der Waals surface area contributed by atoms with E-state index in [1.165, 1.54) is 11.8 Å². The van der Waals surface area contributed by atoms with Crippen LogP contribution in [0.4, 0.5) is 0 Å². The van der Waals surface area contributed by atoms with Crippen molar-refractivity contribution in [2.75, 3.05) is 25.6 Å². The average Bonchev–Trinajstić information content (AvgIpc) is 2.73. The first-order valence-electron chi connectivity index (χ1n) is 7.66. The smallest absolute Gasteiger partial charge is 0.148 e. The first-order valence-corrected chi connectivity index (χ1v) is 9.72. The Kier molecular flexibility index (Phi) is 5.26. The van der Waals surface area contributed by atoms with Gasteiger partial charge in [0.1, 0.15) is 9.84 Å². The zero-order valence-electron chi connectivity index (χ0n) is 14.5. The van der Waals surface area contributed by atoms with Gasteiger partial charge in [-0.15, -0.1) is 0 Å². The normalized spacial score (nSPS) is 12.1. The molecule has 126 valence electrons. The van der Waals surface area contributed by atoms with Gasteiger partial charge in [-0.3, -0.25) is 0 Å². The number of benzene rings is 1. The molecule has 1 aromatic carbocycles. The SMILES string of the molecule is Cc1ccccc1-n1nc(C)c(CN(C)CCS(C)(=O)=O)c1C. The second kappa shape index (κ2) is 6.84. The molecule has 6 heteroatoms. The van der Waals surface area contributed by atoms with Crippen molar-refractivity contribution in [3.8, 4) is 5.69 Å². The summed E-state index contributed by atoms with van der Waals surface area (Å²) in [6.45, 7) is 7.35. The molecule has 2 aromatic rings. The summed E-state index contributed by atoms with van der Waals surface area (Å²) in [6, 6.07) is 8.16. The second-order valence-corrected chi connectivity index (χ2v) is 8.48. The average molecular weight is 335 g/mol. The van der Waals surface area contributed by atoms with E-state index in [1.54, 1.807) is 0 Å². The van der Waals surface area contributed by atoms with Gasteiger partial charge in [-0.25, -0.2) is 13.1 Å². The van der Waals surface area contributed by atoms with Crippen LogP contribution in [0.3, 0.4) is 0 Å². The first-order chi connectivity index (χ1) is 10.7. The minimum atomic E-state index is -2.94. The number of sulfone groups is 1. The van der Waals surface area contributed by atoms with Crippen molar-refractivity contribution in [3.63, 3.8) is 0 Å². The van der Waals surface area contributed by atoms with Gasteiger partial charge in [-0.1, -0.05) is 18.2 Å². The molecule has 1 aromatic heterocycles. The molecule has 0 amide bonds. The van der Waals surface area contributed by atoms with Crippen LogP contribution in [0.15, 0.2) is 24.3 Å². The Bertz CT molecular complexity index is 794. The van der Waals surface area contributed by atoms with Crippen LogP contribution in [0.1, 0.15) is 22.5 Å². The summed E-state index contributed by atoms with van der Waals surface area (Å²) in [5.41, 5.74) is 5.50. The number of hydrogen-bond donors (Lipinski definition) is 0. The topological polar surface area (TPSA) is 55.2 Å². The molecule has 0 N–H and O–H groups in total. The Balaban J connectivity index is 2.23. The van der Waals surface area contributed by atoms with Crippen molar-refractivity contribution >= 4 is 9.84 Å². The van der Waals surface area contributed by atoms with Gasteiger partial charge in [0.2, 0.25) is 0 Å². The summed E-state index contributed by atoms with van der Waals surface area (Å²) in [5, 5.41) is 4.67. The lowest BCUT2D eigenvalue weighted by Crippen LogP contribution is -2.25. The third-order valence-corrected chi connectivity index (χ3v) is 4.98. The molecule has 0 aliphatic heterocycles. The maximum Gasteiger partial charge on any atom is 0.148 e. The Morgan fingerprint density at radius 1 is 1.17 bits per heavy atom. The Hall–Kier alpha value is -1.66. The van der Waals surface area contributed by atoms with Crippen molar-refractivity contribution in [1.29, 1.82) is 0 Å². The van der Waals surface area contributed by atoms with Crippen molar-refractivity contribution in [2.45, 2.75) is 27.3 Å². The molecular weight excluding hydrogens is 310 g/mol. The van der Waals surface area contributed by atoms with Crippen molar-refractivity contribution in [2.24, 2.45) is 0 Å². The van der Waals surface area contributed by atoms with E-state index in [4.69, 9.17) is 0 Å². The second-order valence-electron chi connectivity index (χ2n) is 6.22. The van der Waals surface area contributed by atoms with E-state index in [9.17, 15) is 8.42 Å². The highest BCUT2D eigenvalue weighted by atomic mass is 32.2. The lowest BCUT2D eigenvalue weighted by molar-refractivity contribution is 0.345. The summed E-state index contributed by atoms with van der Waals surface area (Å²) in [5.74, 6) is 0.174. The number of aromatic nitrogens is 2. The molecule has 5 nitrogen and oxygen atoms in total. The molecule has 0 aliphatic carbocycles. The quantitative estimate of drug-likeness (QED) is 0.813. The third-order valence-electron chi connectivity index (χ3n) is 4.06. The van der Waals surface area contributed by atoms with Crippen LogP contribution >= 0.6 is 0 Å². The number of hydrogen-bond acceptors (Lipinski definition) is 4. The molecule has 1 heterocycles. The highest BCUT2D eigenvalue weighted by Gasteiger charge is 2.16. The number of rotatable bonds is 6. The number of para-hydroxylation sites is 1. The van der Waals surface area contributed by atoms with E-state index < -0.39 is 9.84 Å². The van der Waals surface area contributed by atoms with Crippen LogP contribution in [0, 0.1) is 20.8 Å². The van der Waals surface area contributed by atoms with E-state index in [-0.39, 0.29) is 5.75 Å². The van der Waals surface area contributed by atoms with E-state index in [2.05, 4.69) is 31.1 Å². The van der Waals surface area contributed by atoms with Crippen molar-refractivity contribution in [3.05, 3.63) is 46.8 Å². The maximum atomic E-state index is 11.3. The molecule has 2 rings (SSSR count). The molecule has 0 radical (unpaired) electrons. The summed E-state index contributed by atoms with van der Waals surface area (Å²) in [6.07, 6.45) is 1.27. The zero-order valence-corrected chi connectivity index (χ0v) is 15.3. The van der Waals surface area contributed by atoms with E-state index >= 15 is 0 Å². The standard InChI is InChI=1S/C17H25N3O2S/c1-13-8-6-7-9-17(13)20-15(3)16(14(2)18-20)12-19(4)10-11-23(5,21)22/h6-9H,10-12H2,1-5H3. The van der Waals surface area contributed by atoms with Gasteiger partial charge in [-0.05, 0) is 39.4 Å². The molecule has 0 spiro atoms. The minimum Gasteiger partial charge on any atom is -0.301 e. The summed E-state index contributed by atoms with van der Waals surface area (Å²) < 4.78 is 24.6. The lowest BCUT2D eigenvalue weighted by atomic mass is 10.1. The van der Waals surface area contributed by atoms with Crippen LogP contribution in [0.2, 0.25) is 0 Å². The molecule has 0 aliphatic rings. The highest BCUT2D eigenvalue weighted by molar-refractivity contribution is 7.90. The van der Waals surface area contributed by atoms with Gasteiger partial charge in [0.15, 0.2) is 0 Å². The molecule has 0 fully saturated rings. The largest absolute Gasteiger partial charge is 0.301 e. The molecule has 23 heavy (non-hydrogen) atoms. The van der Waals surface area contributed by atoms with E-state index in [0.29, 0.717) is 13.1 Å². The molecule has 0 saturated heterocycles. The fraction of sp³-hybridized carbons (Fsp3) is 0.471. The van der Waals surface area contributed by atoms with Gasteiger partial charge < -0.3 is 4.90 Å². The highest BCUT2D eigenvalue weighted by Crippen LogP contribution is 2.21. The van der Waals surface area contributed by atoms with Gasteiger partial charge in [-0.2, -0.15) is 5.10 Å². The maximum absolute atomic E-state index is 11.3. The van der Waals surface area contributed by atoms with Crippen molar-refractivity contribution in [1.82, 2.24) is 14.7 Å². The summed E-state index contributed by atoms with van der Waals surface area (Å²) >= 11 is 0. The zero-order chi connectivity index (χ0) is 17.2. The molecule has 0 atom stereocenters. The number of aryl methyl sites for hydroxylation is 2. The van der Waals surface area contributed by atoms with Gasteiger partial charge in [0, 0.05) is 30.6 Å². The van der Waals surface area contributed by atoms with E-state index in [0.717, 1.165) is 22.6 Å². The monoisotopic (exact) mass is 335 g/mol. The third kappa shape index (κ3) is 4.42. The van der Waals surface area contributed by atoms with E-state index in [1.807, 2.05) is 35.7 Å². The number of nitrogens with zero attached hydrogens (tertiary/aromatic N) is 3. The van der Waals surface area contributed by atoms with Gasteiger partial charge in [0.05, 0.1) is 17.1 Å². The van der Waals surface area contributed by atoms with Crippen LogP contribution in [0.25, 0.3) is 5.69 Å². The van der Waals surface area contributed by atoms with Crippen LogP contribution in [0.5, 0.6) is 0 Å². The first kappa shape index (κ1) is 17.7. The molecule has 0 bridgehead atoms. The van der Waals surface area contributed by atoms with Crippen LogP contribution < -0.4 is 0 Å². The Labute approximate surface area is 138 Å². The fourth-order valence-corrected chi connectivity index (χ4v) is 3.25. The predicted octanol–water partition coefficient (Wildman–Crippen LogP) is 2.27. The Morgan fingerprint density at radius 2 is 1.83 bits per heavy atom. The van der Waals surface area contributed by atoms with Crippen LogP contribution in [-0.4, -0.2) is 48.7 Å².